The average Bonchev–Trinajstić information content (AvgIpc) is 2.47. The number of hydrogen-bond acceptors (Lipinski definition) is 2. The molecule has 1 aromatic rings. The summed E-state index contributed by atoms with van der Waals surface area (Å²) in [5, 5.41) is 8.93. The molecule has 1 amide bonds. The molecule has 20 heavy (non-hydrogen) atoms. The SMILES string of the molecule is O=C(O)[C@H]1CCCN(C(=O)C(F)(F)c2ccccc2)C1. The molecule has 1 saturated heterocycles. The summed E-state index contributed by atoms with van der Waals surface area (Å²) in [6.07, 6.45) is 0.837. The number of aliphatic carboxylic acids is 1. The normalized spacial score (nSPS) is 19.7. The third kappa shape index (κ3) is 2.79. The molecule has 0 saturated carbocycles. The number of piperidine rings is 1. The third-order valence-electron chi connectivity index (χ3n) is 3.46. The second-order valence-corrected chi connectivity index (χ2v) is 4.87. The van der Waals surface area contributed by atoms with Gasteiger partial charge in [0.05, 0.1) is 5.92 Å². The van der Waals surface area contributed by atoms with Gasteiger partial charge in [-0.15, -0.1) is 0 Å². The molecule has 0 radical (unpaired) electrons. The molecule has 1 atom stereocenters. The van der Waals surface area contributed by atoms with Crippen molar-refractivity contribution in [1.29, 1.82) is 0 Å². The van der Waals surface area contributed by atoms with E-state index in [2.05, 4.69) is 0 Å². The Hall–Kier alpha value is -1.98. The quantitative estimate of drug-likeness (QED) is 0.924. The minimum atomic E-state index is -3.62. The first-order valence-electron chi connectivity index (χ1n) is 6.38. The van der Waals surface area contributed by atoms with Crippen LogP contribution < -0.4 is 0 Å². The van der Waals surface area contributed by atoms with Gasteiger partial charge < -0.3 is 10.0 Å². The summed E-state index contributed by atoms with van der Waals surface area (Å²) in [5.74, 6) is -6.76. The maximum absolute atomic E-state index is 14.1. The van der Waals surface area contributed by atoms with Crippen LogP contribution in [0.4, 0.5) is 8.78 Å². The van der Waals surface area contributed by atoms with Crippen LogP contribution in [-0.4, -0.2) is 35.0 Å². The Balaban J connectivity index is 2.16. The summed E-state index contributed by atoms with van der Waals surface area (Å²) in [4.78, 5) is 23.8. The molecule has 2 rings (SSSR count). The number of carbonyl (C=O) groups excluding carboxylic acids is 1. The molecule has 0 aliphatic carbocycles. The van der Waals surface area contributed by atoms with E-state index in [-0.39, 0.29) is 18.7 Å². The molecule has 1 aliphatic heterocycles. The van der Waals surface area contributed by atoms with E-state index >= 15 is 0 Å². The number of carbonyl (C=O) groups is 2. The van der Waals surface area contributed by atoms with Crippen LogP contribution in [0.5, 0.6) is 0 Å². The van der Waals surface area contributed by atoms with Gasteiger partial charge in [-0.1, -0.05) is 30.3 Å². The molecular weight excluding hydrogens is 268 g/mol. The van der Waals surface area contributed by atoms with E-state index in [9.17, 15) is 18.4 Å². The van der Waals surface area contributed by atoms with Crippen LogP contribution in [0, 0.1) is 5.92 Å². The maximum atomic E-state index is 14.1. The molecule has 0 unspecified atom stereocenters. The van der Waals surface area contributed by atoms with Crippen LogP contribution in [0.25, 0.3) is 0 Å². The Labute approximate surface area is 115 Å². The molecule has 1 heterocycles. The van der Waals surface area contributed by atoms with Crippen molar-refractivity contribution in [2.24, 2.45) is 5.92 Å². The van der Waals surface area contributed by atoms with Gasteiger partial charge in [0.1, 0.15) is 0 Å². The molecule has 1 aromatic carbocycles. The van der Waals surface area contributed by atoms with Crippen molar-refractivity contribution in [3.8, 4) is 0 Å². The van der Waals surface area contributed by atoms with Gasteiger partial charge in [0, 0.05) is 18.7 Å². The Morgan fingerprint density at radius 1 is 1.25 bits per heavy atom. The third-order valence-corrected chi connectivity index (χ3v) is 3.46. The number of hydrogen-bond donors (Lipinski definition) is 1. The molecular formula is C14H15F2NO3. The van der Waals surface area contributed by atoms with Crippen molar-refractivity contribution < 1.29 is 23.5 Å². The highest BCUT2D eigenvalue weighted by atomic mass is 19.3. The van der Waals surface area contributed by atoms with Gasteiger partial charge in [-0.3, -0.25) is 9.59 Å². The van der Waals surface area contributed by atoms with E-state index in [1.165, 1.54) is 24.3 Å². The zero-order valence-corrected chi connectivity index (χ0v) is 10.8. The molecule has 0 bridgehead atoms. The Morgan fingerprint density at radius 2 is 1.90 bits per heavy atom. The first kappa shape index (κ1) is 14.4. The van der Waals surface area contributed by atoms with E-state index in [4.69, 9.17) is 5.11 Å². The van der Waals surface area contributed by atoms with E-state index in [1.807, 2.05) is 0 Å². The lowest BCUT2D eigenvalue weighted by atomic mass is 9.97. The first-order valence-corrected chi connectivity index (χ1v) is 6.38. The fraction of sp³-hybridized carbons (Fsp3) is 0.429. The summed E-state index contributed by atoms with van der Waals surface area (Å²) in [6.45, 7) is 0.0155. The largest absolute Gasteiger partial charge is 0.481 e. The van der Waals surface area contributed by atoms with Crippen molar-refractivity contribution in [2.75, 3.05) is 13.1 Å². The summed E-state index contributed by atoms with van der Waals surface area (Å²) in [5.41, 5.74) is -0.373. The maximum Gasteiger partial charge on any atom is 0.349 e. The average molecular weight is 283 g/mol. The number of benzene rings is 1. The predicted octanol–water partition coefficient (Wildman–Crippen LogP) is 2.10. The van der Waals surface area contributed by atoms with Crippen LogP contribution in [-0.2, 0) is 15.5 Å². The zero-order valence-electron chi connectivity index (χ0n) is 10.8. The van der Waals surface area contributed by atoms with Gasteiger partial charge >= 0.3 is 11.9 Å². The Kier molecular flexibility index (Phi) is 4.01. The second kappa shape index (κ2) is 5.56. The number of rotatable bonds is 3. The van der Waals surface area contributed by atoms with Crippen LogP contribution in [0.3, 0.4) is 0 Å². The van der Waals surface area contributed by atoms with Crippen molar-refractivity contribution in [3.63, 3.8) is 0 Å². The molecule has 0 aromatic heterocycles. The highest BCUT2D eigenvalue weighted by Gasteiger charge is 2.45. The first-order chi connectivity index (χ1) is 9.43. The van der Waals surface area contributed by atoms with Crippen LogP contribution in [0.1, 0.15) is 18.4 Å². The summed E-state index contributed by atoms with van der Waals surface area (Å²) in [6, 6.07) is 6.85. The van der Waals surface area contributed by atoms with E-state index < -0.39 is 23.7 Å². The monoisotopic (exact) mass is 283 g/mol. The van der Waals surface area contributed by atoms with Gasteiger partial charge in [0.2, 0.25) is 0 Å². The zero-order chi connectivity index (χ0) is 14.8. The highest BCUT2D eigenvalue weighted by Crippen LogP contribution is 2.31. The lowest BCUT2D eigenvalue weighted by Crippen LogP contribution is -2.48. The molecule has 0 spiro atoms. The van der Waals surface area contributed by atoms with Crippen LogP contribution >= 0.6 is 0 Å². The van der Waals surface area contributed by atoms with Crippen LogP contribution in [0.15, 0.2) is 30.3 Å². The molecule has 1 fully saturated rings. The van der Waals surface area contributed by atoms with Gasteiger partial charge in [0.15, 0.2) is 0 Å². The van der Waals surface area contributed by atoms with Gasteiger partial charge in [-0.25, -0.2) is 0 Å². The fourth-order valence-electron chi connectivity index (χ4n) is 2.33. The number of halogens is 2. The molecule has 1 aliphatic rings. The van der Waals surface area contributed by atoms with Crippen molar-refractivity contribution >= 4 is 11.9 Å². The molecule has 4 nitrogen and oxygen atoms in total. The van der Waals surface area contributed by atoms with Gasteiger partial charge in [-0.05, 0) is 12.8 Å². The predicted molar refractivity (Wildman–Crippen MR) is 67.3 cm³/mol. The van der Waals surface area contributed by atoms with Gasteiger partial charge in [0.25, 0.3) is 5.91 Å². The minimum absolute atomic E-state index is 0.156. The number of likely N-dealkylation sites (tertiary alicyclic amines) is 1. The number of carboxylic acids is 1. The fourth-order valence-corrected chi connectivity index (χ4v) is 2.33. The lowest BCUT2D eigenvalue weighted by molar-refractivity contribution is -0.162. The van der Waals surface area contributed by atoms with Crippen molar-refractivity contribution in [1.82, 2.24) is 4.90 Å². The summed E-state index contributed by atoms with van der Waals surface area (Å²) in [7, 11) is 0. The Bertz CT molecular complexity index is 504. The number of carboxylic acid groups (broad SMARTS) is 1. The second-order valence-electron chi connectivity index (χ2n) is 4.87. The summed E-state index contributed by atoms with van der Waals surface area (Å²) >= 11 is 0. The topological polar surface area (TPSA) is 57.6 Å². The van der Waals surface area contributed by atoms with Crippen LogP contribution in [0.2, 0.25) is 0 Å². The number of amides is 1. The molecule has 108 valence electrons. The van der Waals surface area contributed by atoms with Gasteiger partial charge in [-0.2, -0.15) is 8.78 Å². The summed E-state index contributed by atoms with van der Waals surface area (Å²) < 4.78 is 28.2. The standard InChI is InChI=1S/C14H15F2NO3/c15-14(16,11-6-2-1-3-7-11)13(20)17-8-4-5-10(9-17)12(18)19/h1-3,6-7,10H,4-5,8-9H2,(H,18,19)/t10-/m0/s1. The van der Waals surface area contributed by atoms with E-state index in [1.54, 1.807) is 6.07 Å². The van der Waals surface area contributed by atoms with E-state index in [0.29, 0.717) is 12.8 Å². The Morgan fingerprint density at radius 3 is 2.50 bits per heavy atom. The van der Waals surface area contributed by atoms with E-state index in [0.717, 1.165) is 4.90 Å². The molecule has 6 heteroatoms. The number of nitrogens with zero attached hydrogens (tertiary/aromatic N) is 1. The minimum Gasteiger partial charge on any atom is -0.481 e. The highest BCUT2D eigenvalue weighted by molar-refractivity contribution is 5.85. The van der Waals surface area contributed by atoms with Crippen molar-refractivity contribution in [3.05, 3.63) is 35.9 Å². The smallest absolute Gasteiger partial charge is 0.349 e. The lowest BCUT2D eigenvalue weighted by Gasteiger charge is -2.33. The van der Waals surface area contributed by atoms with Crippen molar-refractivity contribution in [2.45, 2.75) is 18.8 Å². The molecule has 1 N–H and O–H groups in total. The number of alkyl halides is 2.